The molecule has 106 valence electrons. The number of esters is 1. The SMILES string of the molecule is O=C(OCC1CCCCCC1)C(F)(F)SOO[O-]. The van der Waals surface area contributed by atoms with Crippen LogP contribution in [0, 0.1) is 5.92 Å². The molecule has 0 aromatic rings. The minimum atomic E-state index is -3.94. The lowest BCUT2D eigenvalue weighted by molar-refractivity contribution is -0.777. The van der Waals surface area contributed by atoms with E-state index in [0.717, 1.165) is 38.5 Å². The third-order valence-corrected chi connectivity index (χ3v) is 3.33. The van der Waals surface area contributed by atoms with Gasteiger partial charge in [-0.25, -0.2) is 4.79 Å². The molecule has 1 aliphatic carbocycles. The molecule has 0 amide bonds. The highest BCUT2D eigenvalue weighted by Crippen LogP contribution is 2.31. The van der Waals surface area contributed by atoms with Crippen LogP contribution in [0.1, 0.15) is 38.5 Å². The van der Waals surface area contributed by atoms with Crippen LogP contribution in [-0.2, 0) is 18.9 Å². The van der Waals surface area contributed by atoms with Gasteiger partial charge in [0.15, 0.2) is 0 Å². The summed E-state index contributed by atoms with van der Waals surface area (Å²) in [5.41, 5.74) is 0. The highest BCUT2D eigenvalue weighted by Gasteiger charge is 2.44. The molecule has 0 radical (unpaired) electrons. The molecule has 1 fully saturated rings. The van der Waals surface area contributed by atoms with Gasteiger partial charge in [-0.15, -0.1) is 0 Å². The van der Waals surface area contributed by atoms with Crippen molar-refractivity contribution in [2.24, 2.45) is 5.92 Å². The maximum Gasteiger partial charge on any atom is 0.415 e. The topological polar surface area (TPSA) is 67.8 Å². The Hall–Kier alpha value is -0.440. The number of hydrogen-bond acceptors (Lipinski definition) is 6. The molecule has 0 aliphatic heterocycles. The van der Waals surface area contributed by atoms with E-state index in [1.54, 1.807) is 0 Å². The molecule has 5 nitrogen and oxygen atoms in total. The number of halogens is 2. The Morgan fingerprint density at radius 1 is 1.28 bits per heavy atom. The van der Waals surface area contributed by atoms with Gasteiger partial charge in [0, 0.05) is 0 Å². The van der Waals surface area contributed by atoms with Crippen molar-refractivity contribution in [1.82, 2.24) is 0 Å². The first-order chi connectivity index (χ1) is 8.56. The smallest absolute Gasteiger partial charge is 0.415 e. The van der Waals surface area contributed by atoms with Gasteiger partial charge in [0.05, 0.1) is 6.61 Å². The summed E-state index contributed by atoms with van der Waals surface area (Å²) < 4.78 is 34.0. The fraction of sp³-hybridized carbons (Fsp3) is 0.900. The summed E-state index contributed by atoms with van der Waals surface area (Å²) in [4.78, 5) is 11.1. The first kappa shape index (κ1) is 15.6. The van der Waals surface area contributed by atoms with Crippen molar-refractivity contribution in [3.05, 3.63) is 0 Å². The molecule has 18 heavy (non-hydrogen) atoms. The molecule has 0 spiro atoms. The third kappa shape index (κ3) is 5.47. The molecule has 0 bridgehead atoms. The predicted molar refractivity (Wildman–Crippen MR) is 56.9 cm³/mol. The van der Waals surface area contributed by atoms with Gasteiger partial charge < -0.3 is 9.99 Å². The molecular formula is C10H15F2O5S-. The summed E-state index contributed by atoms with van der Waals surface area (Å²) in [7, 11) is 0. The van der Waals surface area contributed by atoms with E-state index < -0.39 is 23.3 Å². The molecule has 1 rings (SSSR count). The summed E-state index contributed by atoms with van der Waals surface area (Å²) in [5, 5.41) is 8.24. The fourth-order valence-electron chi connectivity index (χ4n) is 1.90. The maximum absolute atomic E-state index is 13.0. The average molecular weight is 285 g/mol. The van der Waals surface area contributed by atoms with E-state index in [1.807, 2.05) is 0 Å². The molecule has 0 aromatic heterocycles. The van der Waals surface area contributed by atoms with E-state index in [4.69, 9.17) is 0 Å². The van der Waals surface area contributed by atoms with Crippen LogP contribution in [0.4, 0.5) is 8.78 Å². The summed E-state index contributed by atoms with van der Waals surface area (Å²) in [5.74, 6) is -1.58. The van der Waals surface area contributed by atoms with Gasteiger partial charge in [-0.3, -0.25) is 5.04 Å². The van der Waals surface area contributed by atoms with E-state index in [9.17, 15) is 18.8 Å². The number of ether oxygens (including phenoxy) is 1. The second-order valence-electron chi connectivity index (χ2n) is 4.19. The third-order valence-electron chi connectivity index (χ3n) is 2.83. The van der Waals surface area contributed by atoms with Crippen LogP contribution >= 0.6 is 12.0 Å². The van der Waals surface area contributed by atoms with Crippen molar-refractivity contribution in [2.75, 3.05) is 6.61 Å². The van der Waals surface area contributed by atoms with Crippen molar-refractivity contribution in [2.45, 2.75) is 43.8 Å². The normalized spacial score (nSPS) is 18.4. The Morgan fingerprint density at radius 3 is 2.44 bits per heavy atom. The van der Waals surface area contributed by atoms with Crippen molar-refractivity contribution < 1.29 is 32.9 Å². The lowest BCUT2D eigenvalue weighted by Gasteiger charge is -2.17. The highest BCUT2D eigenvalue weighted by molar-refractivity contribution is 7.96. The molecule has 0 aromatic carbocycles. The van der Waals surface area contributed by atoms with Crippen LogP contribution in [-0.4, -0.2) is 17.8 Å². The van der Waals surface area contributed by atoms with E-state index in [1.165, 1.54) is 0 Å². The Labute approximate surface area is 108 Å². The largest absolute Gasteiger partial charge is 0.691 e. The first-order valence-corrected chi connectivity index (χ1v) is 6.50. The minimum absolute atomic E-state index is 0.0206. The van der Waals surface area contributed by atoms with Crippen LogP contribution in [0.5, 0.6) is 0 Å². The van der Waals surface area contributed by atoms with Crippen LogP contribution in [0.15, 0.2) is 0 Å². The number of alkyl halides is 2. The lowest BCUT2D eigenvalue weighted by Crippen LogP contribution is -2.29. The van der Waals surface area contributed by atoms with Gasteiger partial charge in [0.2, 0.25) is 0 Å². The van der Waals surface area contributed by atoms with Crippen LogP contribution in [0.2, 0.25) is 0 Å². The van der Waals surface area contributed by atoms with Gasteiger partial charge in [-0.2, -0.15) is 13.1 Å². The van der Waals surface area contributed by atoms with Gasteiger partial charge in [0.25, 0.3) is 0 Å². The van der Waals surface area contributed by atoms with Crippen molar-refractivity contribution in [1.29, 1.82) is 0 Å². The molecule has 1 saturated carbocycles. The number of rotatable bonds is 6. The van der Waals surface area contributed by atoms with Crippen LogP contribution in [0.25, 0.3) is 0 Å². The predicted octanol–water partition coefficient (Wildman–Crippen LogP) is 1.96. The second-order valence-corrected chi connectivity index (χ2v) is 5.01. The highest BCUT2D eigenvalue weighted by atomic mass is 32.2. The molecule has 0 atom stereocenters. The number of hydrogen-bond donors (Lipinski definition) is 0. The van der Waals surface area contributed by atoms with Gasteiger partial charge in [-0.05, 0) is 18.8 Å². The Morgan fingerprint density at radius 2 is 1.89 bits per heavy atom. The molecule has 8 heteroatoms. The van der Waals surface area contributed by atoms with E-state index in [2.05, 4.69) is 14.1 Å². The molecular weight excluding hydrogens is 270 g/mol. The summed E-state index contributed by atoms with van der Waals surface area (Å²) >= 11 is -0.665. The lowest BCUT2D eigenvalue weighted by atomic mass is 10.0. The van der Waals surface area contributed by atoms with E-state index in [0.29, 0.717) is 0 Å². The maximum atomic E-state index is 13.0. The van der Waals surface area contributed by atoms with E-state index in [-0.39, 0.29) is 12.5 Å². The monoisotopic (exact) mass is 285 g/mol. The zero-order chi connectivity index (χ0) is 13.4. The van der Waals surface area contributed by atoms with Gasteiger partial charge in [0.1, 0.15) is 12.0 Å². The van der Waals surface area contributed by atoms with Crippen LogP contribution < -0.4 is 5.26 Å². The molecule has 0 unspecified atom stereocenters. The Bertz CT molecular complexity index is 257. The first-order valence-electron chi connectivity index (χ1n) is 5.75. The Kier molecular flexibility index (Phi) is 6.83. The fourth-order valence-corrected chi connectivity index (χ4v) is 2.14. The zero-order valence-electron chi connectivity index (χ0n) is 9.73. The number of carbonyl (C=O) groups excluding carboxylic acids is 1. The summed E-state index contributed by atoms with van der Waals surface area (Å²) in [6.45, 7) is -0.0206. The summed E-state index contributed by atoms with van der Waals surface area (Å²) in [6, 6.07) is 0. The molecule has 0 saturated heterocycles. The standard InChI is InChI=1S/C10H16F2O5S/c11-10(12,18-17-16-14)9(13)15-7-8-5-3-1-2-4-6-8/h8,14H,1-7H2/p-1. The van der Waals surface area contributed by atoms with E-state index >= 15 is 0 Å². The van der Waals surface area contributed by atoms with Crippen molar-refractivity contribution >= 4 is 18.0 Å². The molecule has 1 aliphatic rings. The Balaban J connectivity index is 2.30. The quantitative estimate of drug-likeness (QED) is 0.244. The van der Waals surface area contributed by atoms with Crippen molar-refractivity contribution in [3.8, 4) is 0 Å². The minimum Gasteiger partial charge on any atom is -0.691 e. The van der Waals surface area contributed by atoms with Crippen molar-refractivity contribution in [3.63, 3.8) is 0 Å². The second kappa shape index (κ2) is 7.88. The number of carbonyl (C=O) groups is 1. The van der Waals surface area contributed by atoms with Gasteiger partial charge in [-0.1, -0.05) is 25.7 Å². The van der Waals surface area contributed by atoms with Gasteiger partial charge >= 0.3 is 11.2 Å². The molecule has 0 heterocycles. The zero-order valence-corrected chi connectivity index (χ0v) is 10.5. The molecule has 0 N–H and O–H groups in total. The van der Waals surface area contributed by atoms with Crippen LogP contribution in [0.3, 0.4) is 0 Å². The average Bonchev–Trinajstić information content (AvgIpc) is 2.62. The summed E-state index contributed by atoms with van der Waals surface area (Å²) in [6.07, 6.45) is 6.08.